The first kappa shape index (κ1) is 17.6. The lowest BCUT2D eigenvalue weighted by atomic mass is 10.3. The molecule has 0 bridgehead atoms. The minimum atomic E-state index is -0.540. The molecule has 3 aromatic heterocycles. The summed E-state index contributed by atoms with van der Waals surface area (Å²) < 4.78 is 25.2. The Morgan fingerprint density at radius 3 is 3.15 bits per heavy atom. The van der Waals surface area contributed by atoms with Crippen LogP contribution < -0.4 is 4.74 Å². The van der Waals surface area contributed by atoms with Gasteiger partial charge in [0, 0.05) is 19.0 Å². The number of carbonyl (C=O) groups is 1. The Kier molecular flexibility index (Phi) is 4.85. The van der Waals surface area contributed by atoms with Crippen LogP contribution in [0.1, 0.15) is 29.5 Å². The number of nitrogens with zero attached hydrogens (tertiary/aromatic N) is 4. The van der Waals surface area contributed by atoms with Crippen LogP contribution >= 0.6 is 11.3 Å². The van der Waals surface area contributed by atoms with Gasteiger partial charge >= 0.3 is 0 Å². The maximum atomic E-state index is 14.2. The molecule has 0 spiro atoms. The molecule has 4 rings (SSSR count). The van der Waals surface area contributed by atoms with E-state index in [-0.39, 0.29) is 23.6 Å². The van der Waals surface area contributed by atoms with Gasteiger partial charge in [-0.2, -0.15) is 9.37 Å². The summed E-state index contributed by atoms with van der Waals surface area (Å²) in [5, 5.41) is 5.81. The lowest BCUT2D eigenvalue weighted by Gasteiger charge is -2.16. The quantitative estimate of drug-likeness (QED) is 0.668. The fourth-order valence-corrected chi connectivity index (χ4v) is 3.63. The van der Waals surface area contributed by atoms with E-state index >= 15 is 0 Å². The third kappa shape index (κ3) is 3.55. The number of aromatic nitrogens is 3. The maximum Gasteiger partial charge on any atom is 0.276 e. The molecule has 0 radical (unpaired) electrons. The van der Waals surface area contributed by atoms with Crippen LogP contribution in [0.25, 0.3) is 10.6 Å². The predicted molar refractivity (Wildman–Crippen MR) is 96.1 cm³/mol. The van der Waals surface area contributed by atoms with Gasteiger partial charge in [-0.3, -0.25) is 4.79 Å². The Hall–Kier alpha value is -2.81. The second-order valence-corrected chi connectivity index (χ2v) is 7.07. The Labute approximate surface area is 158 Å². The molecule has 1 fully saturated rings. The van der Waals surface area contributed by atoms with Crippen molar-refractivity contribution in [1.29, 1.82) is 0 Å². The number of hydrogen-bond donors (Lipinski definition) is 0. The molecule has 0 unspecified atom stereocenters. The molecule has 140 valence electrons. The van der Waals surface area contributed by atoms with Crippen molar-refractivity contribution in [2.24, 2.45) is 0 Å². The molecule has 0 N–H and O–H groups in total. The molecular formula is C18H17FN4O3S. The average Bonchev–Trinajstić information content (AvgIpc) is 3.43. The average molecular weight is 388 g/mol. The summed E-state index contributed by atoms with van der Waals surface area (Å²) in [5.41, 5.74) is 0.565. The monoisotopic (exact) mass is 388 g/mol. The normalized spacial score (nSPS) is 16.7. The Balaban J connectivity index is 1.41. The molecule has 27 heavy (non-hydrogen) atoms. The molecular weight excluding hydrogens is 371 g/mol. The lowest BCUT2D eigenvalue weighted by Crippen LogP contribution is -2.31. The van der Waals surface area contributed by atoms with E-state index in [1.807, 2.05) is 24.4 Å². The fourth-order valence-electron chi connectivity index (χ4n) is 2.96. The van der Waals surface area contributed by atoms with E-state index in [2.05, 4.69) is 15.1 Å². The number of aryl methyl sites for hydroxylation is 1. The van der Waals surface area contributed by atoms with Crippen LogP contribution in [0.4, 0.5) is 4.39 Å². The van der Waals surface area contributed by atoms with Crippen molar-refractivity contribution in [2.75, 3.05) is 13.1 Å². The van der Waals surface area contributed by atoms with Crippen LogP contribution in [0.15, 0.2) is 34.4 Å². The van der Waals surface area contributed by atoms with E-state index in [1.165, 1.54) is 17.7 Å². The molecule has 1 aliphatic rings. The van der Waals surface area contributed by atoms with Crippen molar-refractivity contribution in [3.63, 3.8) is 0 Å². The minimum absolute atomic E-state index is 0.0671. The molecule has 3 aromatic rings. The number of thiophene rings is 1. The number of halogens is 1. The summed E-state index contributed by atoms with van der Waals surface area (Å²) in [7, 11) is 0. The third-order valence-electron chi connectivity index (χ3n) is 4.37. The van der Waals surface area contributed by atoms with Gasteiger partial charge in [-0.05, 0) is 17.9 Å². The van der Waals surface area contributed by atoms with Crippen LogP contribution in [-0.4, -0.2) is 45.1 Å². The highest BCUT2D eigenvalue weighted by Crippen LogP contribution is 2.26. The van der Waals surface area contributed by atoms with Crippen molar-refractivity contribution in [1.82, 2.24) is 20.0 Å². The first-order valence-corrected chi connectivity index (χ1v) is 9.49. The molecule has 0 saturated carbocycles. The zero-order valence-electron chi connectivity index (χ0n) is 14.6. The molecule has 9 heteroatoms. The number of ether oxygens (including phenoxy) is 1. The number of carbonyl (C=O) groups excluding carboxylic acids is 1. The third-order valence-corrected chi connectivity index (χ3v) is 5.25. The molecule has 0 aliphatic carbocycles. The van der Waals surface area contributed by atoms with Gasteiger partial charge in [0.05, 0.1) is 17.1 Å². The zero-order valence-corrected chi connectivity index (χ0v) is 15.4. The van der Waals surface area contributed by atoms with Crippen molar-refractivity contribution >= 4 is 17.2 Å². The minimum Gasteiger partial charge on any atom is -0.470 e. The second kappa shape index (κ2) is 7.43. The van der Waals surface area contributed by atoms with Crippen molar-refractivity contribution in [3.05, 3.63) is 47.1 Å². The van der Waals surface area contributed by atoms with Gasteiger partial charge < -0.3 is 14.2 Å². The predicted octanol–water partition coefficient (Wildman–Crippen LogP) is 3.19. The van der Waals surface area contributed by atoms with Gasteiger partial charge in [0.15, 0.2) is 11.5 Å². The number of amides is 1. The van der Waals surface area contributed by atoms with Gasteiger partial charge in [0.2, 0.25) is 5.82 Å². The molecule has 1 aliphatic heterocycles. The van der Waals surface area contributed by atoms with Crippen LogP contribution in [0.3, 0.4) is 0 Å². The summed E-state index contributed by atoms with van der Waals surface area (Å²) in [4.78, 5) is 22.9. The second-order valence-electron chi connectivity index (χ2n) is 6.13. The van der Waals surface area contributed by atoms with E-state index in [1.54, 1.807) is 11.0 Å². The summed E-state index contributed by atoms with van der Waals surface area (Å²) in [5.74, 6) is -0.273. The molecule has 7 nitrogen and oxygen atoms in total. The number of rotatable bonds is 5. The molecule has 4 heterocycles. The standard InChI is InChI=1S/C18H17FN4O3S/c1-2-12-16(19)17(21-10-20-12)25-11-5-6-23(9-11)18(24)13-8-14(26-22-13)15-4-3-7-27-15/h3-4,7-8,10-11H,2,5-6,9H2,1H3/t11-/m1/s1. The van der Waals surface area contributed by atoms with Gasteiger partial charge in [-0.25, -0.2) is 4.98 Å². The highest BCUT2D eigenvalue weighted by atomic mass is 32.1. The van der Waals surface area contributed by atoms with Crippen molar-refractivity contribution in [3.8, 4) is 16.5 Å². The Morgan fingerprint density at radius 2 is 2.37 bits per heavy atom. The fraction of sp³-hybridized carbons (Fsp3) is 0.333. The van der Waals surface area contributed by atoms with E-state index in [0.717, 1.165) is 4.88 Å². The smallest absolute Gasteiger partial charge is 0.276 e. The van der Waals surface area contributed by atoms with Crippen LogP contribution in [0, 0.1) is 5.82 Å². The highest BCUT2D eigenvalue weighted by Gasteiger charge is 2.31. The lowest BCUT2D eigenvalue weighted by molar-refractivity contribution is 0.0759. The molecule has 1 amide bonds. The van der Waals surface area contributed by atoms with E-state index < -0.39 is 5.82 Å². The largest absolute Gasteiger partial charge is 0.470 e. The summed E-state index contributed by atoms with van der Waals surface area (Å²) >= 11 is 1.51. The van der Waals surface area contributed by atoms with Crippen LogP contribution in [-0.2, 0) is 6.42 Å². The van der Waals surface area contributed by atoms with E-state index in [9.17, 15) is 9.18 Å². The first-order chi connectivity index (χ1) is 13.2. The topological polar surface area (TPSA) is 81.4 Å². The van der Waals surface area contributed by atoms with Gasteiger partial charge in [-0.15, -0.1) is 11.3 Å². The maximum absolute atomic E-state index is 14.2. The van der Waals surface area contributed by atoms with Gasteiger partial charge in [0.25, 0.3) is 11.8 Å². The Bertz CT molecular complexity index is 944. The van der Waals surface area contributed by atoms with Crippen LogP contribution in [0.2, 0.25) is 0 Å². The molecule has 1 saturated heterocycles. The highest BCUT2D eigenvalue weighted by molar-refractivity contribution is 7.13. The van der Waals surface area contributed by atoms with Crippen molar-refractivity contribution < 1.29 is 18.4 Å². The number of hydrogen-bond acceptors (Lipinski definition) is 7. The number of likely N-dealkylation sites (tertiary alicyclic amines) is 1. The Morgan fingerprint density at radius 1 is 1.48 bits per heavy atom. The molecule has 1 atom stereocenters. The van der Waals surface area contributed by atoms with Gasteiger partial charge in [-0.1, -0.05) is 18.1 Å². The molecule has 0 aromatic carbocycles. The summed E-state index contributed by atoms with van der Waals surface area (Å²) in [6.07, 6.45) is 2.01. The SMILES string of the molecule is CCc1ncnc(O[C@@H]2CCN(C(=O)c3cc(-c4cccs4)on3)C2)c1F. The van der Waals surface area contributed by atoms with Crippen LogP contribution in [0.5, 0.6) is 5.88 Å². The zero-order chi connectivity index (χ0) is 18.8. The van der Waals surface area contributed by atoms with Gasteiger partial charge in [0.1, 0.15) is 12.4 Å². The van der Waals surface area contributed by atoms with Crippen molar-refractivity contribution in [2.45, 2.75) is 25.9 Å². The van der Waals surface area contributed by atoms with E-state index in [4.69, 9.17) is 9.26 Å². The van der Waals surface area contributed by atoms with E-state index in [0.29, 0.717) is 37.4 Å². The first-order valence-electron chi connectivity index (χ1n) is 8.61. The summed E-state index contributed by atoms with van der Waals surface area (Å²) in [6.45, 7) is 2.65. The summed E-state index contributed by atoms with van der Waals surface area (Å²) in [6, 6.07) is 5.45.